The predicted octanol–water partition coefficient (Wildman–Crippen LogP) is 2.29. The Morgan fingerprint density at radius 3 is 2.41 bits per heavy atom. The van der Waals surface area contributed by atoms with E-state index in [0.29, 0.717) is 12.5 Å². The fraction of sp³-hybridized carbons (Fsp3) is 0.571. The van der Waals surface area contributed by atoms with Gasteiger partial charge in [0.05, 0.1) is 7.11 Å². The normalized spacial score (nSPS) is 17.2. The largest absolute Gasteiger partial charge is 0.497 e. The first-order chi connectivity index (χ1) is 8.33. The summed E-state index contributed by atoms with van der Waals surface area (Å²) >= 11 is 0. The van der Waals surface area contributed by atoms with Crippen LogP contribution in [0.2, 0.25) is 0 Å². The first-order valence-corrected chi connectivity index (χ1v) is 6.33. The zero-order valence-corrected chi connectivity index (χ0v) is 10.4. The molecule has 0 spiro atoms. The second-order valence-electron chi connectivity index (χ2n) is 4.64. The molecule has 0 amide bonds. The van der Waals surface area contributed by atoms with Gasteiger partial charge in [0.15, 0.2) is 0 Å². The Bertz CT molecular complexity index is 329. The molecule has 0 saturated carbocycles. The molecule has 1 aliphatic heterocycles. The SMILES string of the molecule is COc1ccc(N2CCC(CCO)CC2)cc1. The summed E-state index contributed by atoms with van der Waals surface area (Å²) < 4.78 is 5.16. The van der Waals surface area contributed by atoms with Gasteiger partial charge < -0.3 is 14.7 Å². The molecule has 1 fully saturated rings. The lowest BCUT2D eigenvalue weighted by Crippen LogP contribution is -2.33. The maximum Gasteiger partial charge on any atom is 0.119 e. The smallest absolute Gasteiger partial charge is 0.119 e. The number of aliphatic hydroxyl groups is 1. The number of ether oxygens (including phenoxy) is 1. The number of benzene rings is 1. The van der Waals surface area contributed by atoms with Crippen molar-refractivity contribution in [2.24, 2.45) is 5.92 Å². The van der Waals surface area contributed by atoms with Crippen LogP contribution in [0.25, 0.3) is 0 Å². The second-order valence-corrected chi connectivity index (χ2v) is 4.64. The average molecular weight is 235 g/mol. The monoisotopic (exact) mass is 235 g/mol. The summed E-state index contributed by atoms with van der Waals surface area (Å²) in [7, 11) is 1.69. The number of hydrogen-bond donors (Lipinski definition) is 1. The Morgan fingerprint density at radius 1 is 1.24 bits per heavy atom. The molecule has 1 saturated heterocycles. The van der Waals surface area contributed by atoms with E-state index in [0.717, 1.165) is 25.3 Å². The fourth-order valence-corrected chi connectivity index (χ4v) is 2.46. The van der Waals surface area contributed by atoms with Gasteiger partial charge in [-0.15, -0.1) is 0 Å². The van der Waals surface area contributed by atoms with E-state index in [1.165, 1.54) is 18.5 Å². The van der Waals surface area contributed by atoms with Crippen LogP contribution in [-0.2, 0) is 0 Å². The van der Waals surface area contributed by atoms with E-state index in [1.54, 1.807) is 7.11 Å². The number of anilines is 1. The fourth-order valence-electron chi connectivity index (χ4n) is 2.46. The van der Waals surface area contributed by atoms with Crippen LogP contribution in [0, 0.1) is 5.92 Å². The highest BCUT2D eigenvalue weighted by Crippen LogP contribution is 2.26. The van der Waals surface area contributed by atoms with Crippen molar-refractivity contribution in [3.05, 3.63) is 24.3 Å². The first-order valence-electron chi connectivity index (χ1n) is 6.33. The average Bonchev–Trinajstić information content (AvgIpc) is 2.40. The zero-order chi connectivity index (χ0) is 12.1. The third kappa shape index (κ3) is 3.13. The van der Waals surface area contributed by atoms with Crippen molar-refractivity contribution in [3.63, 3.8) is 0 Å². The van der Waals surface area contributed by atoms with Gasteiger partial charge >= 0.3 is 0 Å². The maximum atomic E-state index is 8.93. The van der Waals surface area contributed by atoms with Crippen molar-refractivity contribution in [1.82, 2.24) is 0 Å². The van der Waals surface area contributed by atoms with Gasteiger partial charge in [-0.1, -0.05) is 0 Å². The maximum absolute atomic E-state index is 8.93. The van der Waals surface area contributed by atoms with Gasteiger partial charge in [0, 0.05) is 25.4 Å². The van der Waals surface area contributed by atoms with E-state index in [4.69, 9.17) is 9.84 Å². The van der Waals surface area contributed by atoms with Crippen molar-refractivity contribution < 1.29 is 9.84 Å². The van der Waals surface area contributed by atoms with Gasteiger partial charge in [-0.2, -0.15) is 0 Å². The van der Waals surface area contributed by atoms with E-state index in [-0.39, 0.29) is 0 Å². The second kappa shape index (κ2) is 5.92. The van der Waals surface area contributed by atoms with E-state index in [2.05, 4.69) is 17.0 Å². The van der Waals surface area contributed by atoms with Gasteiger partial charge in [0.1, 0.15) is 5.75 Å². The lowest BCUT2D eigenvalue weighted by Gasteiger charge is -2.33. The highest BCUT2D eigenvalue weighted by atomic mass is 16.5. The van der Waals surface area contributed by atoms with Crippen LogP contribution in [0.3, 0.4) is 0 Å². The molecule has 1 aromatic carbocycles. The standard InChI is InChI=1S/C14H21NO2/c1-17-14-4-2-13(3-5-14)15-9-6-12(7-10-15)8-11-16/h2-5,12,16H,6-11H2,1H3. The zero-order valence-electron chi connectivity index (χ0n) is 10.4. The van der Waals surface area contributed by atoms with E-state index >= 15 is 0 Å². The lowest BCUT2D eigenvalue weighted by atomic mass is 9.93. The minimum Gasteiger partial charge on any atom is -0.497 e. The van der Waals surface area contributed by atoms with E-state index in [1.807, 2.05) is 12.1 Å². The molecule has 94 valence electrons. The molecular weight excluding hydrogens is 214 g/mol. The number of hydrogen-bond acceptors (Lipinski definition) is 3. The van der Waals surface area contributed by atoms with Gasteiger partial charge in [-0.05, 0) is 49.4 Å². The number of rotatable bonds is 4. The van der Waals surface area contributed by atoms with Crippen LogP contribution in [0.15, 0.2) is 24.3 Å². The van der Waals surface area contributed by atoms with Crippen LogP contribution in [0.5, 0.6) is 5.75 Å². The Morgan fingerprint density at radius 2 is 1.88 bits per heavy atom. The summed E-state index contributed by atoms with van der Waals surface area (Å²) in [6.45, 7) is 2.52. The molecule has 1 heterocycles. The molecule has 0 bridgehead atoms. The van der Waals surface area contributed by atoms with Gasteiger partial charge in [0.2, 0.25) is 0 Å². The minimum atomic E-state index is 0.327. The summed E-state index contributed by atoms with van der Waals surface area (Å²) in [5.41, 5.74) is 1.27. The number of nitrogens with zero attached hydrogens (tertiary/aromatic N) is 1. The lowest BCUT2D eigenvalue weighted by molar-refractivity contribution is 0.240. The minimum absolute atomic E-state index is 0.327. The van der Waals surface area contributed by atoms with Crippen LogP contribution in [-0.4, -0.2) is 31.9 Å². The van der Waals surface area contributed by atoms with E-state index in [9.17, 15) is 0 Å². The van der Waals surface area contributed by atoms with Gasteiger partial charge in [-0.3, -0.25) is 0 Å². The number of aliphatic hydroxyl groups excluding tert-OH is 1. The van der Waals surface area contributed by atoms with Crippen LogP contribution in [0.1, 0.15) is 19.3 Å². The Balaban J connectivity index is 1.91. The number of piperidine rings is 1. The predicted molar refractivity (Wildman–Crippen MR) is 69.6 cm³/mol. The molecule has 3 nitrogen and oxygen atoms in total. The van der Waals surface area contributed by atoms with Crippen LogP contribution in [0.4, 0.5) is 5.69 Å². The molecule has 0 aliphatic carbocycles. The topological polar surface area (TPSA) is 32.7 Å². The Labute approximate surface area is 103 Å². The van der Waals surface area contributed by atoms with Crippen molar-refractivity contribution in [2.45, 2.75) is 19.3 Å². The van der Waals surface area contributed by atoms with E-state index < -0.39 is 0 Å². The molecule has 0 unspecified atom stereocenters. The van der Waals surface area contributed by atoms with Crippen molar-refractivity contribution >= 4 is 5.69 Å². The molecule has 1 aliphatic rings. The Kier molecular flexibility index (Phi) is 4.26. The molecule has 0 aromatic heterocycles. The summed E-state index contributed by atoms with van der Waals surface area (Å²) in [6, 6.07) is 8.25. The third-order valence-corrected chi connectivity index (χ3v) is 3.59. The highest BCUT2D eigenvalue weighted by molar-refractivity contribution is 5.49. The Hall–Kier alpha value is -1.22. The van der Waals surface area contributed by atoms with Crippen molar-refractivity contribution in [1.29, 1.82) is 0 Å². The molecule has 1 aromatic rings. The highest BCUT2D eigenvalue weighted by Gasteiger charge is 2.18. The van der Waals surface area contributed by atoms with Crippen molar-refractivity contribution in [2.75, 3.05) is 31.7 Å². The molecule has 1 N–H and O–H groups in total. The molecule has 0 radical (unpaired) electrons. The molecular formula is C14H21NO2. The molecule has 17 heavy (non-hydrogen) atoms. The number of methoxy groups -OCH3 is 1. The summed E-state index contributed by atoms with van der Waals surface area (Å²) in [5.74, 6) is 1.61. The molecule has 0 atom stereocenters. The van der Waals surface area contributed by atoms with Crippen molar-refractivity contribution in [3.8, 4) is 5.75 Å². The molecule has 3 heteroatoms. The van der Waals surface area contributed by atoms with Crippen LogP contribution < -0.4 is 9.64 Å². The summed E-state index contributed by atoms with van der Waals surface area (Å²) in [5, 5.41) is 8.93. The van der Waals surface area contributed by atoms with Gasteiger partial charge in [-0.25, -0.2) is 0 Å². The third-order valence-electron chi connectivity index (χ3n) is 3.59. The first kappa shape index (κ1) is 12.2. The molecule has 2 rings (SSSR count). The summed E-state index contributed by atoms with van der Waals surface area (Å²) in [6.07, 6.45) is 3.33. The van der Waals surface area contributed by atoms with Crippen LogP contribution >= 0.6 is 0 Å². The quantitative estimate of drug-likeness (QED) is 0.869. The summed E-state index contributed by atoms with van der Waals surface area (Å²) in [4.78, 5) is 2.41. The van der Waals surface area contributed by atoms with Gasteiger partial charge in [0.25, 0.3) is 0 Å².